The summed E-state index contributed by atoms with van der Waals surface area (Å²) in [6.07, 6.45) is 0.553. The molecule has 0 spiro atoms. The monoisotopic (exact) mass is 266 g/mol. The summed E-state index contributed by atoms with van der Waals surface area (Å²) in [5, 5.41) is 3.98. The van der Waals surface area contributed by atoms with Crippen molar-refractivity contribution in [1.82, 2.24) is 5.32 Å². The van der Waals surface area contributed by atoms with Gasteiger partial charge in [-0.3, -0.25) is 4.79 Å². The molecule has 1 aliphatic heterocycles. The second-order valence-electron chi connectivity index (χ2n) is 4.88. The number of nitrogens with one attached hydrogen (secondary N) is 1. The Morgan fingerprint density at radius 2 is 2.17 bits per heavy atom. The van der Waals surface area contributed by atoms with Gasteiger partial charge in [-0.2, -0.15) is 0 Å². The molecule has 1 heterocycles. The molecule has 2 rings (SSSR count). The third-order valence-corrected chi connectivity index (χ3v) is 3.57. The average molecular weight is 267 g/mol. The minimum Gasteiger partial charge on any atom is -0.312 e. The maximum absolute atomic E-state index is 12.1. The van der Waals surface area contributed by atoms with Gasteiger partial charge < -0.3 is 10.2 Å². The van der Waals surface area contributed by atoms with Crippen LogP contribution in [0, 0.1) is 13.8 Å². The Labute approximate surface area is 113 Å². The molecule has 0 aromatic heterocycles. The number of amides is 1. The molecular weight excluding hydrogens is 248 g/mol. The average Bonchev–Trinajstić information content (AvgIpc) is 2.59. The van der Waals surface area contributed by atoms with E-state index < -0.39 is 0 Å². The minimum absolute atomic E-state index is 0.148. The SMILES string of the molecule is CCNC1CC(=O)N(c2c(C)cc(C)cc2Cl)C1. The van der Waals surface area contributed by atoms with Crippen molar-refractivity contribution in [3.63, 3.8) is 0 Å². The van der Waals surface area contributed by atoms with Crippen molar-refractivity contribution < 1.29 is 4.79 Å². The number of carbonyl (C=O) groups excluding carboxylic acids is 1. The van der Waals surface area contributed by atoms with Crippen LogP contribution in [0.4, 0.5) is 5.69 Å². The zero-order valence-corrected chi connectivity index (χ0v) is 11.8. The number of anilines is 1. The lowest BCUT2D eigenvalue weighted by atomic mass is 10.1. The predicted molar refractivity (Wildman–Crippen MR) is 75.4 cm³/mol. The lowest BCUT2D eigenvalue weighted by molar-refractivity contribution is -0.117. The van der Waals surface area contributed by atoms with E-state index in [0.29, 0.717) is 18.0 Å². The van der Waals surface area contributed by atoms with E-state index in [9.17, 15) is 4.79 Å². The zero-order valence-electron chi connectivity index (χ0n) is 11.1. The molecule has 1 fully saturated rings. The number of aryl methyl sites for hydroxylation is 2. The summed E-state index contributed by atoms with van der Waals surface area (Å²) in [6.45, 7) is 7.65. The molecule has 1 saturated heterocycles. The molecule has 1 atom stereocenters. The van der Waals surface area contributed by atoms with Gasteiger partial charge in [0, 0.05) is 19.0 Å². The first-order valence-corrected chi connectivity index (χ1v) is 6.71. The van der Waals surface area contributed by atoms with Gasteiger partial charge >= 0.3 is 0 Å². The second-order valence-corrected chi connectivity index (χ2v) is 5.28. The van der Waals surface area contributed by atoms with E-state index in [1.54, 1.807) is 0 Å². The number of likely N-dealkylation sites (N-methyl/N-ethyl adjacent to an activating group) is 1. The highest BCUT2D eigenvalue weighted by atomic mass is 35.5. The quantitative estimate of drug-likeness (QED) is 0.912. The van der Waals surface area contributed by atoms with Crippen LogP contribution in [0.1, 0.15) is 24.5 Å². The van der Waals surface area contributed by atoms with Crippen molar-refractivity contribution in [3.8, 4) is 0 Å². The maximum Gasteiger partial charge on any atom is 0.228 e. The van der Waals surface area contributed by atoms with Crippen LogP contribution >= 0.6 is 11.6 Å². The van der Waals surface area contributed by atoms with Crippen LogP contribution < -0.4 is 10.2 Å². The fraction of sp³-hybridized carbons (Fsp3) is 0.500. The number of halogens is 1. The van der Waals surface area contributed by atoms with Gasteiger partial charge in [0.2, 0.25) is 5.91 Å². The molecule has 98 valence electrons. The summed E-state index contributed by atoms with van der Waals surface area (Å²) in [5.74, 6) is 0.148. The Kier molecular flexibility index (Phi) is 3.93. The van der Waals surface area contributed by atoms with E-state index in [4.69, 9.17) is 11.6 Å². The normalized spacial score (nSPS) is 19.7. The molecule has 0 radical (unpaired) electrons. The van der Waals surface area contributed by atoms with Gasteiger partial charge in [0.1, 0.15) is 0 Å². The van der Waals surface area contributed by atoms with Gasteiger partial charge in [-0.1, -0.05) is 24.6 Å². The highest BCUT2D eigenvalue weighted by Crippen LogP contribution is 2.33. The summed E-state index contributed by atoms with van der Waals surface area (Å²) in [5.41, 5.74) is 3.05. The fourth-order valence-corrected chi connectivity index (χ4v) is 3.02. The molecule has 1 aromatic carbocycles. The van der Waals surface area contributed by atoms with Gasteiger partial charge in [0.25, 0.3) is 0 Å². The Hall–Kier alpha value is -1.06. The maximum atomic E-state index is 12.1. The smallest absolute Gasteiger partial charge is 0.228 e. The summed E-state index contributed by atoms with van der Waals surface area (Å²) >= 11 is 6.29. The van der Waals surface area contributed by atoms with Crippen LogP contribution in [-0.2, 0) is 4.79 Å². The van der Waals surface area contributed by atoms with E-state index in [0.717, 1.165) is 23.4 Å². The first-order chi connectivity index (χ1) is 8.52. The van der Waals surface area contributed by atoms with E-state index in [-0.39, 0.29) is 11.9 Å². The van der Waals surface area contributed by atoms with Crippen LogP contribution in [0.3, 0.4) is 0 Å². The van der Waals surface area contributed by atoms with Crippen LogP contribution in [0.15, 0.2) is 12.1 Å². The molecule has 4 heteroatoms. The third-order valence-electron chi connectivity index (χ3n) is 3.29. The molecule has 0 saturated carbocycles. The highest BCUT2D eigenvalue weighted by Gasteiger charge is 2.31. The van der Waals surface area contributed by atoms with Gasteiger partial charge in [0.05, 0.1) is 10.7 Å². The number of rotatable bonds is 3. The first-order valence-electron chi connectivity index (χ1n) is 6.33. The Morgan fingerprint density at radius 1 is 1.44 bits per heavy atom. The molecule has 0 aliphatic carbocycles. The van der Waals surface area contributed by atoms with E-state index >= 15 is 0 Å². The molecule has 0 bridgehead atoms. The number of hydrogen-bond donors (Lipinski definition) is 1. The van der Waals surface area contributed by atoms with Crippen LogP contribution in [0.25, 0.3) is 0 Å². The molecule has 1 aromatic rings. The van der Waals surface area contributed by atoms with Crippen LogP contribution in [0.5, 0.6) is 0 Å². The van der Waals surface area contributed by atoms with Crippen molar-refractivity contribution in [3.05, 3.63) is 28.3 Å². The first kappa shape index (κ1) is 13.4. The van der Waals surface area contributed by atoms with E-state index in [1.165, 1.54) is 0 Å². The van der Waals surface area contributed by atoms with Gasteiger partial charge in [-0.15, -0.1) is 0 Å². The van der Waals surface area contributed by atoms with E-state index in [2.05, 4.69) is 18.3 Å². The third kappa shape index (κ3) is 2.52. The van der Waals surface area contributed by atoms with Crippen LogP contribution in [0.2, 0.25) is 5.02 Å². The van der Waals surface area contributed by atoms with Crippen LogP contribution in [-0.4, -0.2) is 25.0 Å². The molecular formula is C14H19ClN2O. The lowest BCUT2D eigenvalue weighted by Crippen LogP contribution is -2.32. The van der Waals surface area contributed by atoms with Crippen molar-refractivity contribution in [2.24, 2.45) is 0 Å². The number of carbonyl (C=O) groups is 1. The second kappa shape index (κ2) is 5.29. The van der Waals surface area contributed by atoms with Crippen molar-refractivity contribution in [1.29, 1.82) is 0 Å². The predicted octanol–water partition coefficient (Wildman–Crippen LogP) is 2.67. The number of nitrogens with zero attached hydrogens (tertiary/aromatic N) is 1. The van der Waals surface area contributed by atoms with Crippen molar-refractivity contribution in [2.75, 3.05) is 18.0 Å². The Balaban J connectivity index is 2.30. The number of hydrogen-bond acceptors (Lipinski definition) is 2. The van der Waals surface area contributed by atoms with Gasteiger partial charge in [0.15, 0.2) is 0 Å². The molecule has 1 N–H and O–H groups in total. The highest BCUT2D eigenvalue weighted by molar-refractivity contribution is 6.34. The van der Waals surface area contributed by atoms with Gasteiger partial charge in [-0.25, -0.2) is 0 Å². The fourth-order valence-electron chi connectivity index (χ4n) is 2.60. The topological polar surface area (TPSA) is 32.3 Å². The minimum atomic E-state index is 0.148. The largest absolute Gasteiger partial charge is 0.312 e. The summed E-state index contributed by atoms with van der Waals surface area (Å²) < 4.78 is 0. The summed E-state index contributed by atoms with van der Waals surface area (Å²) in [7, 11) is 0. The standard InChI is InChI=1S/C14H19ClN2O/c1-4-16-11-7-13(18)17(8-11)14-10(3)5-9(2)6-12(14)15/h5-6,11,16H,4,7-8H2,1-3H3. The molecule has 3 nitrogen and oxygen atoms in total. The van der Waals surface area contributed by atoms with Gasteiger partial charge in [-0.05, 0) is 37.6 Å². The summed E-state index contributed by atoms with van der Waals surface area (Å²) in [6, 6.07) is 4.21. The van der Waals surface area contributed by atoms with Crippen molar-refractivity contribution in [2.45, 2.75) is 33.2 Å². The molecule has 1 amide bonds. The molecule has 1 unspecified atom stereocenters. The molecule has 1 aliphatic rings. The van der Waals surface area contributed by atoms with E-state index in [1.807, 2.05) is 24.8 Å². The Bertz CT molecular complexity index is 450. The zero-order chi connectivity index (χ0) is 13.3. The summed E-state index contributed by atoms with van der Waals surface area (Å²) in [4.78, 5) is 13.9. The number of benzene rings is 1. The van der Waals surface area contributed by atoms with Crippen molar-refractivity contribution >= 4 is 23.2 Å². The lowest BCUT2D eigenvalue weighted by Gasteiger charge is -2.21. The Morgan fingerprint density at radius 3 is 2.78 bits per heavy atom. The molecule has 18 heavy (non-hydrogen) atoms.